The highest BCUT2D eigenvalue weighted by Gasteiger charge is 2.16. The predicted octanol–water partition coefficient (Wildman–Crippen LogP) is 3.68. The minimum Gasteiger partial charge on any atom is -0.376 e. The summed E-state index contributed by atoms with van der Waals surface area (Å²) in [4.78, 5) is 4.32. The molecule has 0 spiro atoms. The summed E-state index contributed by atoms with van der Waals surface area (Å²) >= 11 is 1.40. The minimum absolute atomic E-state index is 0.227. The first-order valence-electron chi connectivity index (χ1n) is 6.49. The van der Waals surface area contributed by atoms with Gasteiger partial charge in [0, 0.05) is 30.2 Å². The summed E-state index contributed by atoms with van der Waals surface area (Å²) in [6, 6.07) is 3.51. The molecule has 1 fully saturated rings. The van der Waals surface area contributed by atoms with E-state index in [2.05, 4.69) is 10.3 Å². The molecule has 0 saturated carbocycles. The molecular weight excluding hydrogens is 282 g/mol. The Bertz CT molecular complexity index is 597. The number of hydrogen-bond donors (Lipinski definition) is 1. The smallest absolute Gasteiger partial charge is 0.183 e. The van der Waals surface area contributed by atoms with Crippen molar-refractivity contribution in [2.45, 2.75) is 18.9 Å². The van der Waals surface area contributed by atoms with E-state index in [4.69, 9.17) is 4.74 Å². The molecule has 0 bridgehead atoms. The molecule has 0 amide bonds. The van der Waals surface area contributed by atoms with Gasteiger partial charge in [-0.2, -0.15) is 0 Å². The standard InChI is InChI=1S/C14H14F2N2OS/c15-9-3-4-11(12(16)6-9)13-8-20-14(18-13)17-7-10-2-1-5-19-10/h3-4,6,8,10H,1-2,5,7H2,(H,17,18). The van der Waals surface area contributed by atoms with Gasteiger partial charge in [-0.1, -0.05) is 0 Å². The Morgan fingerprint density at radius 3 is 3.05 bits per heavy atom. The van der Waals surface area contributed by atoms with Crippen molar-refractivity contribution < 1.29 is 13.5 Å². The molecule has 1 aromatic heterocycles. The molecule has 3 nitrogen and oxygen atoms in total. The van der Waals surface area contributed by atoms with Crippen molar-refractivity contribution in [2.24, 2.45) is 0 Å². The van der Waals surface area contributed by atoms with Gasteiger partial charge in [0.15, 0.2) is 5.13 Å². The van der Waals surface area contributed by atoms with Crippen molar-refractivity contribution in [2.75, 3.05) is 18.5 Å². The van der Waals surface area contributed by atoms with Gasteiger partial charge in [0.2, 0.25) is 0 Å². The number of aromatic nitrogens is 1. The number of nitrogens with zero attached hydrogens (tertiary/aromatic N) is 1. The van der Waals surface area contributed by atoms with E-state index in [-0.39, 0.29) is 6.10 Å². The van der Waals surface area contributed by atoms with Crippen LogP contribution in [0.1, 0.15) is 12.8 Å². The molecular formula is C14H14F2N2OS. The fraction of sp³-hybridized carbons (Fsp3) is 0.357. The van der Waals surface area contributed by atoms with Crippen LogP contribution in [0.25, 0.3) is 11.3 Å². The van der Waals surface area contributed by atoms with Gasteiger partial charge in [-0.3, -0.25) is 0 Å². The molecule has 6 heteroatoms. The predicted molar refractivity (Wildman–Crippen MR) is 74.9 cm³/mol. The van der Waals surface area contributed by atoms with Crippen molar-refractivity contribution in [3.8, 4) is 11.3 Å². The van der Waals surface area contributed by atoms with Crippen LogP contribution in [0.5, 0.6) is 0 Å². The quantitative estimate of drug-likeness (QED) is 0.934. The van der Waals surface area contributed by atoms with Crippen LogP contribution < -0.4 is 5.32 Å². The fourth-order valence-corrected chi connectivity index (χ4v) is 2.90. The summed E-state index contributed by atoms with van der Waals surface area (Å²) < 4.78 is 32.1. The molecule has 106 valence electrons. The first-order chi connectivity index (χ1) is 9.72. The molecule has 1 unspecified atom stereocenters. The largest absolute Gasteiger partial charge is 0.376 e. The summed E-state index contributed by atoms with van der Waals surface area (Å²) in [5.41, 5.74) is 0.829. The van der Waals surface area contributed by atoms with Crippen LogP contribution in [-0.2, 0) is 4.74 Å². The van der Waals surface area contributed by atoms with Gasteiger partial charge in [-0.05, 0) is 25.0 Å². The number of halogens is 2. The highest BCUT2D eigenvalue weighted by atomic mass is 32.1. The van der Waals surface area contributed by atoms with E-state index in [1.54, 1.807) is 5.38 Å². The topological polar surface area (TPSA) is 34.1 Å². The van der Waals surface area contributed by atoms with E-state index in [1.165, 1.54) is 23.5 Å². The second-order valence-corrected chi connectivity index (χ2v) is 5.54. The van der Waals surface area contributed by atoms with Crippen molar-refractivity contribution >= 4 is 16.5 Å². The number of nitrogens with one attached hydrogen (secondary N) is 1. The Morgan fingerprint density at radius 2 is 2.30 bits per heavy atom. The van der Waals surface area contributed by atoms with Crippen LogP contribution >= 0.6 is 11.3 Å². The summed E-state index contributed by atoms with van der Waals surface area (Å²) in [6.45, 7) is 1.52. The SMILES string of the molecule is Fc1ccc(-c2csc(NCC3CCCO3)n2)c(F)c1. The number of anilines is 1. The minimum atomic E-state index is -0.596. The van der Waals surface area contributed by atoms with Crippen LogP contribution in [-0.4, -0.2) is 24.2 Å². The summed E-state index contributed by atoms with van der Waals surface area (Å²) in [5, 5.41) is 5.67. The lowest BCUT2D eigenvalue weighted by Gasteiger charge is -2.09. The number of benzene rings is 1. The molecule has 3 rings (SSSR count). The Kier molecular flexibility index (Phi) is 3.93. The molecule has 1 N–H and O–H groups in total. The van der Waals surface area contributed by atoms with Gasteiger partial charge < -0.3 is 10.1 Å². The lowest BCUT2D eigenvalue weighted by molar-refractivity contribution is 0.120. The molecule has 1 aliphatic heterocycles. The molecule has 1 aliphatic rings. The highest BCUT2D eigenvalue weighted by Crippen LogP contribution is 2.27. The Balaban J connectivity index is 1.69. The number of thiazole rings is 1. The average Bonchev–Trinajstić information content (AvgIpc) is 3.07. The van der Waals surface area contributed by atoms with E-state index in [0.29, 0.717) is 17.8 Å². The molecule has 1 saturated heterocycles. The van der Waals surface area contributed by atoms with E-state index >= 15 is 0 Å². The third-order valence-electron chi connectivity index (χ3n) is 3.22. The third-order valence-corrected chi connectivity index (χ3v) is 4.02. The maximum absolute atomic E-state index is 13.7. The van der Waals surface area contributed by atoms with Gasteiger partial charge in [-0.25, -0.2) is 13.8 Å². The molecule has 1 aromatic carbocycles. The first-order valence-corrected chi connectivity index (χ1v) is 7.37. The second-order valence-electron chi connectivity index (χ2n) is 4.68. The van der Waals surface area contributed by atoms with Gasteiger partial charge in [0.1, 0.15) is 11.6 Å². The van der Waals surface area contributed by atoms with Crippen LogP contribution in [0.4, 0.5) is 13.9 Å². The van der Waals surface area contributed by atoms with Gasteiger partial charge in [0.05, 0.1) is 11.8 Å². The number of hydrogen-bond acceptors (Lipinski definition) is 4. The first kappa shape index (κ1) is 13.5. The normalized spacial score (nSPS) is 18.4. The van der Waals surface area contributed by atoms with Crippen LogP contribution in [0.3, 0.4) is 0 Å². The molecule has 0 radical (unpaired) electrons. The van der Waals surface area contributed by atoms with E-state index < -0.39 is 11.6 Å². The van der Waals surface area contributed by atoms with Crippen LogP contribution in [0.2, 0.25) is 0 Å². The lowest BCUT2D eigenvalue weighted by Crippen LogP contribution is -2.18. The Hall–Kier alpha value is -1.53. The zero-order valence-electron chi connectivity index (χ0n) is 10.7. The van der Waals surface area contributed by atoms with Gasteiger partial charge >= 0.3 is 0 Å². The van der Waals surface area contributed by atoms with Crippen LogP contribution in [0.15, 0.2) is 23.6 Å². The van der Waals surface area contributed by atoms with Crippen molar-refractivity contribution in [1.82, 2.24) is 4.98 Å². The Labute approximate surface area is 119 Å². The highest BCUT2D eigenvalue weighted by molar-refractivity contribution is 7.14. The van der Waals surface area contributed by atoms with E-state index in [1.807, 2.05) is 0 Å². The molecule has 20 heavy (non-hydrogen) atoms. The van der Waals surface area contributed by atoms with E-state index in [0.717, 1.165) is 30.6 Å². The summed E-state index contributed by atoms with van der Waals surface area (Å²) in [5.74, 6) is -1.18. The maximum atomic E-state index is 13.7. The zero-order valence-corrected chi connectivity index (χ0v) is 11.6. The monoisotopic (exact) mass is 296 g/mol. The van der Waals surface area contributed by atoms with E-state index in [9.17, 15) is 8.78 Å². The van der Waals surface area contributed by atoms with Crippen molar-refractivity contribution in [3.63, 3.8) is 0 Å². The Morgan fingerprint density at radius 1 is 1.40 bits per heavy atom. The molecule has 0 aliphatic carbocycles. The zero-order chi connectivity index (χ0) is 13.9. The van der Waals surface area contributed by atoms with Gasteiger partial charge in [-0.15, -0.1) is 11.3 Å². The number of ether oxygens (including phenoxy) is 1. The average molecular weight is 296 g/mol. The lowest BCUT2D eigenvalue weighted by atomic mass is 10.1. The van der Waals surface area contributed by atoms with Crippen molar-refractivity contribution in [1.29, 1.82) is 0 Å². The third kappa shape index (κ3) is 2.96. The fourth-order valence-electron chi connectivity index (χ4n) is 2.18. The molecule has 2 heterocycles. The van der Waals surface area contributed by atoms with Gasteiger partial charge in [0.25, 0.3) is 0 Å². The summed E-state index contributed by atoms with van der Waals surface area (Å²) in [6.07, 6.45) is 2.37. The van der Waals surface area contributed by atoms with Crippen molar-refractivity contribution in [3.05, 3.63) is 35.2 Å². The summed E-state index contributed by atoms with van der Waals surface area (Å²) in [7, 11) is 0. The maximum Gasteiger partial charge on any atom is 0.183 e. The van der Waals surface area contributed by atoms with Crippen LogP contribution in [0, 0.1) is 11.6 Å². The molecule has 1 atom stereocenters. The molecule has 2 aromatic rings. The second kappa shape index (κ2) is 5.85. The number of rotatable bonds is 4.